The van der Waals surface area contributed by atoms with Crippen LogP contribution in [0.5, 0.6) is 5.75 Å². The van der Waals surface area contributed by atoms with Gasteiger partial charge in [-0.05, 0) is 25.1 Å². The molecule has 1 aromatic carbocycles. The van der Waals surface area contributed by atoms with Gasteiger partial charge in [-0.1, -0.05) is 18.2 Å². The number of piperidine rings is 1. The summed E-state index contributed by atoms with van der Waals surface area (Å²) in [6.07, 6.45) is 3.23. The first-order valence-electron chi connectivity index (χ1n) is 8.27. The van der Waals surface area contributed by atoms with Crippen LogP contribution in [-0.4, -0.2) is 50.9 Å². The van der Waals surface area contributed by atoms with Crippen LogP contribution in [0.2, 0.25) is 0 Å². The lowest BCUT2D eigenvalue weighted by molar-refractivity contribution is -0.154. The number of amides is 1. The number of para-hydroxylation sites is 1. The molecule has 0 saturated carbocycles. The number of nitrogens with zero attached hydrogens (tertiary/aromatic N) is 3. The average Bonchev–Trinajstić information content (AvgIpc) is 3.17. The fourth-order valence-corrected chi connectivity index (χ4v) is 3.17. The van der Waals surface area contributed by atoms with Crippen molar-refractivity contribution in [3.8, 4) is 5.75 Å². The number of rotatable bonds is 5. The number of hydrogen-bond donors (Lipinski definition) is 1. The van der Waals surface area contributed by atoms with E-state index in [1.54, 1.807) is 42.4 Å². The van der Waals surface area contributed by atoms with Gasteiger partial charge in [0.25, 0.3) is 5.91 Å². The Labute approximate surface area is 145 Å². The van der Waals surface area contributed by atoms with Crippen molar-refractivity contribution in [1.29, 1.82) is 0 Å². The Bertz CT molecular complexity index is 722. The van der Waals surface area contributed by atoms with Crippen LogP contribution in [-0.2, 0) is 15.1 Å². The maximum absolute atomic E-state index is 12.6. The van der Waals surface area contributed by atoms with E-state index < -0.39 is 17.6 Å². The number of hydrogen-bond acceptors (Lipinski definition) is 4. The lowest BCUT2D eigenvalue weighted by Gasteiger charge is -2.39. The largest absolute Gasteiger partial charge is 0.481 e. The van der Waals surface area contributed by atoms with E-state index in [4.69, 9.17) is 4.74 Å². The van der Waals surface area contributed by atoms with Gasteiger partial charge < -0.3 is 14.7 Å². The van der Waals surface area contributed by atoms with Crippen LogP contribution in [0.4, 0.5) is 0 Å². The zero-order valence-corrected chi connectivity index (χ0v) is 14.0. The van der Waals surface area contributed by atoms with Gasteiger partial charge in [-0.3, -0.25) is 9.48 Å². The van der Waals surface area contributed by atoms with E-state index in [1.165, 1.54) is 4.68 Å². The van der Waals surface area contributed by atoms with Gasteiger partial charge in [-0.25, -0.2) is 4.79 Å². The molecular weight excluding hydrogens is 322 g/mol. The highest BCUT2D eigenvalue weighted by atomic mass is 16.5. The molecule has 0 unspecified atom stereocenters. The molecule has 1 atom stereocenters. The number of benzene rings is 1. The van der Waals surface area contributed by atoms with E-state index in [1.807, 2.05) is 18.2 Å². The summed E-state index contributed by atoms with van der Waals surface area (Å²) in [4.78, 5) is 26.1. The van der Waals surface area contributed by atoms with E-state index in [2.05, 4.69) is 5.10 Å². The normalized spacial score (nSPS) is 17.7. The number of carbonyl (C=O) groups excluding carboxylic acids is 1. The monoisotopic (exact) mass is 343 g/mol. The Kier molecular flexibility index (Phi) is 4.74. The van der Waals surface area contributed by atoms with Gasteiger partial charge >= 0.3 is 5.97 Å². The molecule has 1 aliphatic heterocycles. The number of likely N-dealkylation sites (tertiary alicyclic amines) is 1. The first kappa shape index (κ1) is 17.0. The van der Waals surface area contributed by atoms with Crippen molar-refractivity contribution >= 4 is 11.9 Å². The van der Waals surface area contributed by atoms with Crippen molar-refractivity contribution in [3.63, 3.8) is 0 Å². The molecule has 1 amide bonds. The van der Waals surface area contributed by atoms with Crippen LogP contribution < -0.4 is 4.74 Å². The molecule has 0 bridgehead atoms. The van der Waals surface area contributed by atoms with Gasteiger partial charge in [0.2, 0.25) is 0 Å². The van der Waals surface area contributed by atoms with Crippen molar-refractivity contribution in [2.45, 2.75) is 31.4 Å². The SMILES string of the molecule is C[C@H](Oc1ccccc1)C(=O)N1CCC(C(=O)O)(n2cccn2)CC1. The molecule has 7 heteroatoms. The van der Waals surface area contributed by atoms with Crippen LogP contribution in [0.25, 0.3) is 0 Å². The molecule has 1 fully saturated rings. The summed E-state index contributed by atoms with van der Waals surface area (Å²) in [5.41, 5.74) is -1.09. The highest BCUT2D eigenvalue weighted by Crippen LogP contribution is 2.30. The van der Waals surface area contributed by atoms with Gasteiger partial charge in [0, 0.05) is 38.3 Å². The number of carboxylic acid groups (broad SMARTS) is 1. The van der Waals surface area contributed by atoms with Crippen LogP contribution >= 0.6 is 0 Å². The number of ether oxygens (including phenoxy) is 1. The fraction of sp³-hybridized carbons (Fsp3) is 0.389. The molecule has 2 heterocycles. The van der Waals surface area contributed by atoms with E-state index in [-0.39, 0.29) is 5.91 Å². The van der Waals surface area contributed by atoms with Crippen molar-refractivity contribution in [2.24, 2.45) is 0 Å². The van der Waals surface area contributed by atoms with Gasteiger partial charge in [0.05, 0.1) is 0 Å². The van der Waals surface area contributed by atoms with Crippen LogP contribution in [0.3, 0.4) is 0 Å². The zero-order valence-electron chi connectivity index (χ0n) is 14.0. The third kappa shape index (κ3) is 3.35. The number of carboxylic acids is 1. The molecule has 0 spiro atoms. The van der Waals surface area contributed by atoms with E-state index in [9.17, 15) is 14.7 Å². The maximum atomic E-state index is 12.6. The number of aromatic nitrogens is 2. The van der Waals surface area contributed by atoms with Crippen molar-refractivity contribution in [3.05, 3.63) is 48.8 Å². The maximum Gasteiger partial charge on any atom is 0.331 e. The van der Waals surface area contributed by atoms with Gasteiger partial charge in [0.1, 0.15) is 5.75 Å². The van der Waals surface area contributed by atoms with Crippen LogP contribution in [0.15, 0.2) is 48.8 Å². The molecule has 0 aliphatic carbocycles. The summed E-state index contributed by atoms with van der Waals surface area (Å²) in [7, 11) is 0. The second kappa shape index (κ2) is 6.96. The van der Waals surface area contributed by atoms with Crippen LogP contribution in [0, 0.1) is 0 Å². The molecule has 1 aromatic heterocycles. The highest BCUT2D eigenvalue weighted by molar-refractivity contribution is 5.82. The first-order valence-corrected chi connectivity index (χ1v) is 8.27. The van der Waals surface area contributed by atoms with E-state index in [0.717, 1.165) is 0 Å². The summed E-state index contributed by atoms with van der Waals surface area (Å²) < 4.78 is 7.16. The molecule has 1 saturated heterocycles. The standard InChI is InChI=1S/C18H21N3O4/c1-14(25-15-6-3-2-4-7-15)16(22)20-12-8-18(9-13-20,17(23)24)21-11-5-10-19-21/h2-7,10-11,14H,8-9,12-13H2,1H3,(H,23,24)/t14-/m0/s1. The van der Waals surface area contributed by atoms with Crippen LogP contribution in [0.1, 0.15) is 19.8 Å². The molecule has 1 N–H and O–H groups in total. The van der Waals surface area contributed by atoms with Crippen molar-refractivity contribution in [2.75, 3.05) is 13.1 Å². The second-order valence-corrected chi connectivity index (χ2v) is 6.19. The zero-order chi connectivity index (χ0) is 17.9. The Balaban J connectivity index is 1.65. The molecule has 25 heavy (non-hydrogen) atoms. The van der Waals surface area contributed by atoms with Gasteiger partial charge in [-0.15, -0.1) is 0 Å². The topological polar surface area (TPSA) is 84.7 Å². The Morgan fingerprint density at radius 2 is 1.88 bits per heavy atom. The molecule has 1 aliphatic rings. The first-order chi connectivity index (χ1) is 12.0. The second-order valence-electron chi connectivity index (χ2n) is 6.19. The lowest BCUT2D eigenvalue weighted by atomic mass is 9.87. The Morgan fingerprint density at radius 3 is 2.44 bits per heavy atom. The summed E-state index contributed by atoms with van der Waals surface area (Å²) in [6, 6.07) is 10.9. The van der Waals surface area contributed by atoms with E-state index in [0.29, 0.717) is 31.7 Å². The molecule has 0 radical (unpaired) electrons. The predicted octanol–water partition coefficient (Wildman–Crippen LogP) is 1.75. The molecule has 3 rings (SSSR count). The Morgan fingerprint density at radius 1 is 1.20 bits per heavy atom. The minimum atomic E-state index is -1.09. The third-order valence-corrected chi connectivity index (χ3v) is 4.65. The number of aliphatic carboxylic acids is 1. The van der Waals surface area contributed by atoms with Crippen molar-refractivity contribution < 1.29 is 19.4 Å². The third-order valence-electron chi connectivity index (χ3n) is 4.65. The molecule has 132 valence electrons. The average molecular weight is 343 g/mol. The lowest BCUT2D eigenvalue weighted by Crippen LogP contribution is -2.54. The van der Waals surface area contributed by atoms with Gasteiger partial charge in [0.15, 0.2) is 11.6 Å². The minimum absolute atomic E-state index is 0.136. The fourth-order valence-electron chi connectivity index (χ4n) is 3.17. The molecular formula is C18H21N3O4. The van der Waals surface area contributed by atoms with Gasteiger partial charge in [-0.2, -0.15) is 5.10 Å². The van der Waals surface area contributed by atoms with E-state index >= 15 is 0 Å². The summed E-state index contributed by atoms with van der Waals surface area (Å²) in [5.74, 6) is -0.419. The predicted molar refractivity (Wildman–Crippen MR) is 90.2 cm³/mol. The summed E-state index contributed by atoms with van der Waals surface area (Å²) in [5, 5.41) is 13.8. The summed E-state index contributed by atoms with van der Waals surface area (Å²) in [6.45, 7) is 2.42. The number of carbonyl (C=O) groups is 2. The van der Waals surface area contributed by atoms with Crippen molar-refractivity contribution in [1.82, 2.24) is 14.7 Å². The molecule has 7 nitrogen and oxygen atoms in total. The smallest absolute Gasteiger partial charge is 0.331 e. The minimum Gasteiger partial charge on any atom is -0.481 e. The summed E-state index contributed by atoms with van der Waals surface area (Å²) >= 11 is 0. The Hall–Kier alpha value is -2.83. The quantitative estimate of drug-likeness (QED) is 0.894. The molecule has 2 aromatic rings. The highest BCUT2D eigenvalue weighted by Gasteiger charge is 2.45.